The lowest BCUT2D eigenvalue weighted by Gasteiger charge is -2.14. The number of amides is 1. The average molecular weight is 318 g/mol. The van der Waals surface area contributed by atoms with Gasteiger partial charge in [-0.2, -0.15) is 0 Å². The molecule has 2 rings (SSSR count). The summed E-state index contributed by atoms with van der Waals surface area (Å²) in [4.78, 5) is 28.7. The van der Waals surface area contributed by atoms with Crippen LogP contribution in [0.4, 0.5) is 5.13 Å². The van der Waals surface area contributed by atoms with Gasteiger partial charge in [-0.1, -0.05) is 44.2 Å². The number of carbonyl (C=O) groups excluding carboxylic acids is 1. The summed E-state index contributed by atoms with van der Waals surface area (Å²) in [5.41, 5.74) is 0.683. The molecule has 6 heteroatoms. The molecule has 1 atom stereocenters. The molecule has 22 heavy (non-hydrogen) atoms. The molecule has 0 aliphatic heterocycles. The van der Waals surface area contributed by atoms with Crippen LogP contribution >= 0.6 is 11.3 Å². The maximum absolute atomic E-state index is 12.4. The standard InChI is InChI=1S/C16H18N2O3S/c1-10(2)13-9-17-16(22-13)18-15(21)12(8-14(19)20)11-6-4-3-5-7-11/h3-7,9-10,12H,8H2,1-2H3,(H,19,20)(H,17,18,21). The fourth-order valence-electron chi connectivity index (χ4n) is 2.03. The Morgan fingerprint density at radius 1 is 1.27 bits per heavy atom. The highest BCUT2D eigenvalue weighted by Gasteiger charge is 2.24. The van der Waals surface area contributed by atoms with Crippen LogP contribution in [0, 0.1) is 0 Å². The first-order valence-corrected chi connectivity index (χ1v) is 7.82. The first-order valence-electron chi connectivity index (χ1n) is 7.00. The molecule has 0 bridgehead atoms. The Kier molecular flexibility index (Phi) is 5.27. The molecule has 0 spiro atoms. The zero-order valence-electron chi connectivity index (χ0n) is 12.4. The molecule has 1 aromatic carbocycles. The summed E-state index contributed by atoms with van der Waals surface area (Å²) in [5.74, 6) is -1.75. The number of hydrogen-bond acceptors (Lipinski definition) is 4. The van der Waals surface area contributed by atoms with Gasteiger partial charge in [0.05, 0.1) is 12.3 Å². The molecule has 0 fully saturated rings. The third kappa shape index (κ3) is 4.14. The van der Waals surface area contributed by atoms with Gasteiger partial charge in [0, 0.05) is 11.1 Å². The van der Waals surface area contributed by atoms with Crippen molar-refractivity contribution in [1.82, 2.24) is 4.98 Å². The van der Waals surface area contributed by atoms with Crippen LogP contribution in [-0.4, -0.2) is 22.0 Å². The number of benzene rings is 1. The number of nitrogens with one attached hydrogen (secondary N) is 1. The van der Waals surface area contributed by atoms with Crippen molar-refractivity contribution in [3.05, 3.63) is 47.0 Å². The smallest absolute Gasteiger partial charge is 0.304 e. The molecule has 0 saturated carbocycles. The van der Waals surface area contributed by atoms with Crippen LogP contribution in [0.2, 0.25) is 0 Å². The Bertz CT molecular complexity index is 652. The van der Waals surface area contributed by atoms with Crippen molar-refractivity contribution >= 4 is 28.3 Å². The summed E-state index contributed by atoms with van der Waals surface area (Å²) in [6.45, 7) is 4.10. The van der Waals surface area contributed by atoms with Gasteiger partial charge < -0.3 is 10.4 Å². The van der Waals surface area contributed by atoms with Gasteiger partial charge in [0.2, 0.25) is 5.91 Å². The maximum Gasteiger partial charge on any atom is 0.304 e. The Balaban J connectivity index is 2.16. The number of anilines is 1. The second kappa shape index (κ2) is 7.17. The van der Waals surface area contributed by atoms with E-state index in [4.69, 9.17) is 5.11 Å². The Labute approximate surface area is 133 Å². The molecule has 1 unspecified atom stereocenters. The van der Waals surface area contributed by atoms with Gasteiger partial charge in [-0.25, -0.2) is 4.98 Å². The Hall–Kier alpha value is -2.21. The van der Waals surface area contributed by atoms with E-state index >= 15 is 0 Å². The van der Waals surface area contributed by atoms with Crippen LogP contribution in [-0.2, 0) is 9.59 Å². The van der Waals surface area contributed by atoms with Gasteiger partial charge >= 0.3 is 5.97 Å². The molecule has 5 nitrogen and oxygen atoms in total. The van der Waals surface area contributed by atoms with E-state index in [9.17, 15) is 9.59 Å². The van der Waals surface area contributed by atoms with Gasteiger partial charge in [-0.05, 0) is 11.5 Å². The van der Waals surface area contributed by atoms with E-state index in [0.717, 1.165) is 4.88 Å². The molecule has 116 valence electrons. The average Bonchev–Trinajstić information content (AvgIpc) is 2.94. The number of aliphatic carboxylic acids is 1. The van der Waals surface area contributed by atoms with E-state index in [1.807, 2.05) is 6.07 Å². The van der Waals surface area contributed by atoms with Gasteiger partial charge in [0.1, 0.15) is 0 Å². The number of hydrogen-bond donors (Lipinski definition) is 2. The lowest BCUT2D eigenvalue weighted by Crippen LogP contribution is -2.23. The lowest BCUT2D eigenvalue weighted by molar-refractivity contribution is -0.139. The Morgan fingerprint density at radius 3 is 2.50 bits per heavy atom. The number of rotatable bonds is 6. The number of aromatic nitrogens is 1. The van der Waals surface area contributed by atoms with E-state index in [2.05, 4.69) is 24.1 Å². The summed E-state index contributed by atoms with van der Waals surface area (Å²) >= 11 is 1.41. The van der Waals surface area contributed by atoms with Crippen molar-refractivity contribution in [3.8, 4) is 0 Å². The number of carboxylic acid groups (broad SMARTS) is 1. The molecule has 0 saturated heterocycles. The lowest BCUT2D eigenvalue weighted by atomic mass is 9.95. The molecular formula is C16H18N2O3S. The van der Waals surface area contributed by atoms with E-state index in [1.165, 1.54) is 11.3 Å². The summed E-state index contributed by atoms with van der Waals surface area (Å²) in [6.07, 6.45) is 1.48. The number of nitrogens with zero attached hydrogens (tertiary/aromatic N) is 1. The number of carboxylic acids is 1. The van der Waals surface area contributed by atoms with E-state index < -0.39 is 11.9 Å². The van der Waals surface area contributed by atoms with Gasteiger partial charge in [-0.3, -0.25) is 9.59 Å². The monoisotopic (exact) mass is 318 g/mol. The van der Waals surface area contributed by atoms with Crippen LogP contribution in [0.1, 0.15) is 42.5 Å². The van der Waals surface area contributed by atoms with Crippen LogP contribution < -0.4 is 5.32 Å². The van der Waals surface area contributed by atoms with Gasteiger partial charge in [-0.15, -0.1) is 11.3 Å². The van der Waals surface area contributed by atoms with E-state index in [-0.39, 0.29) is 12.3 Å². The van der Waals surface area contributed by atoms with Gasteiger partial charge in [0.15, 0.2) is 5.13 Å². The molecular weight excluding hydrogens is 300 g/mol. The minimum atomic E-state index is -1.01. The number of thiazole rings is 1. The molecule has 0 radical (unpaired) electrons. The fraction of sp³-hybridized carbons (Fsp3) is 0.312. The third-order valence-corrected chi connectivity index (χ3v) is 4.43. The SMILES string of the molecule is CC(C)c1cnc(NC(=O)C(CC(=O)O)c2ccccc2)s1. The second-order valence-electron chi connectivity index (χ2n) is 5.27. The summed E-state index contributed by atoms with van der Waals surface area (Å²) in [6, 6.07) is 8.92. The molecule has 1 aromatic heterocycles. The minimum Gasteiger partial charge on any atom is -0.481 e. The van der Waals surface area contributed by atoms with Crippen molar-refractivity contribution in [1.29, 1.82) is 0 Å². The quantitative estimate of drug-likeness (QED) is 0.855. The summed E-state index contributed by atoms with van der Waals surface area (Å²) < 4.78 is 0. The zero-order chi connectivity index (χ0) is 16.1. The third-order valence-electron chi connectivity index (χ3n) is 3.22. The first-order chi connectivity index (χ1) is 10.5. The van der Waals surface area contributed by atoms with Crippen LogP contribution in [0.3, 0.4) is 0 Å². The predicted octanol–water partition coefficient (Wildman–Crippen LogP) is 3.46. The van der Waals surface area contributed by atoms with E-state index in [0.29, 0.717) is 16.6 Å². The van der Waals surface area contributed by atoms with E-state index in [1.54, 1.807) is 30.5 Å². The molecule has 2 N–H and O–H groups in total. The second-order valence-corrected chi connectivity index (χ2v) is 6.34. The largest absolute Gasteiger partial charge is 0.481 e. The van der Waals surface area contributed by atoms with Crippen molar-refractivity contribution in [3.63, 3.8) is 0 Å². The van der Waals surface area contributed by atoms with Crippen molar-refractivity contribution in [2.24, 2.45) is 0 Å². The van der Waals surface area contributed by atoms with Crippen molar-refractivity contribution in [2.75, 3.05) is 5.32 Å². The molecule has 0 aliphatic rings. The normalized spacial score (nSPS) is 12.1. The molecule has 1 heterocycles. The zero-order valence-corrected chi connectivity index (χ0v) is 13.3. The molecule has 0 aliphatic carbocycles. The summed E-state index contributed by atoms with van der Waals surface area (Å²) in [5, 5.41) is 12.3. The Morgan fingerprint density at radius 2 is 1.95 bits per heavy atom. The highest BCUT2D eigenvalue weighted by atomic mass is 32.1. The fourth-order valence-corrected chi connectivity index (χ4v) is 2.85. The van der Waals surface area contributed by atoms with Crippen molar-refractivity contribution in [2.45, 2.75) is 32.1 Å². The van der Waals surface area contributed by atoms with Gasteiger partial charge in [0.25, 0.3) is 0 Å². The minimum absolute atomic E-state index is 0.252. The first kappa shape index (κ1) is 16.2. The topological polar surface area (TPSA) is 79.3 Å². The predicted molar refractivity (Wildman–Crippen MR) is 86.3 cm³/mol. The number of carbonyl (C=O) groups is 2. The van der Waals surface area contributed by atoms with Crippen LogP contribution in [0.25, 0.3) is 0 Å². The maximum atomic E-state index is 12.4. The van der Waals surface area contributed by atoms with Crippen LogP contribution in [0.5, 0.6) is 0 Å². The molecule has 1 amide bonds. The molecule has 2 aromatic rings. The van der Waals surface area contributed by atoms with Crippen molar-refractivity contribution < 1.29 is 14.7 Å². The highest BCUT2D eigenvalue weighted by molar-refractivity contribution is 7.15. The van der Waals surface area contributed by atoms with Crippen LogP contribution in [0.15, 0.2) is 36.5 Å². The highest BCUT2D eigenvalue weighted by Crippen LogP contribution is 2.27. The summed E-state index contributed by atoms with van der Waals surface area (Å²) in [7, 11) is 0.